The van der Waals surface area contributed by atoms with Gasteiger partial charge in [0.05, 0.1) is 6.04 Å². The molecule has 2 fully saturated rings. The lowest BCUT2D eigenvalue weighted by molar-refractivity contribution is -0.158. The van der Waals surface area contributed by atoms with E-state index in [1.54, 1.807) is 6.20 Å². The van der Waals surface area contributed by atoms with Crippen molar-refractivity contribution >= 4 is 11.7 Å². The number of aromatic nitrogens is 1. The molecular formula is C18H24N2O2. The molecule has 3 unspecified atom stereocenters. The summed E-state index contributed by atoms with van der Waals surface area (Å²) >= 11 is 0. The summed E-state index contributed by atoms with van der Waals surface area (Å²) in [6.45, 7) is 7.12. The van der Waals surface area contributed by atoms with Crippen LogP contribution in [0.1, 0.15) is 51.6 Å². The maximum atomic E-state index is 12.9. The number of likely N-dealkylation sites (tertiary alicyclic amines) is 1. The van der Waals surface area contributed by atoms with E-state index in [9.17, 15) is 9.59 Å². The molecule has 3 atom stereocenters. The van der Waals surface area contributed by atoms with Crippen LogP contribution in [0.3, 0.4) is 0 Å². The SMILES string of the molecule is CC1CC(C(=O)N2CC(C)(C)C2c2cccnc2)CCC1=O. The number of amides is 1. The highest BCUT2D eigenvalue weighted by Gasteiger charge is 2.50. The van der Waals surface area contributed by atoms with Crippen LogP contribution < -0.4 is 0 Å². The Balaban J connectivity index is 1.77. The quantitative estimate of drug-likeness (QED) is 0.843. The first-order chi connectivity index (χ1) is 10.4. The van der Waals surface area contributed by atoms with Gasteiger partial charge in [-0.25, -0.2) is 0 Å². The molecule has 1 aromatic heterocycles. The number of hydrogen-bond acceptors (Lipinski definition) is 3. The molecular weight excluding hydrogens is 276 g/mol. The first-order valence-corrected chi connectivity index (χ1v) is 8.13. The molecule has 0 aromatic carbocycles. The molecule has 1 aromatic rings. The van der Waals surface area contributed by atoms with Gasteiger partial charge in [-0.3, -0.25) is 14.6 Å². The Morgan fingerprint density at radius 3 is 2.77 bits per heavy atom. The summed E-state index contributed by atoms with van der Waals surface area (Å²) in [7, 11) is 0. The first kappa shape index (κ1) is 15.2. The average molecular weight is 300 g/mol. The van der Waals surface area contributed by atoms with Crippen LogP contribution in [0, 0.1) is 17.3 Å². The van der Waals surface area contributed by atoms with Gasteiger partial charge in [-0.2, -0.15) is 0 Å². The standard InChI is InChI=1S/C18H24N2O2/c1-12-9-13(6-7-15(12)21)17(22)20-11-18(2,3)16(20)14-5-4-8-19-10-14/h4-5,8,10,12-13,16H,6-7,9,11H2,1-3H3. The van der Waals surface area contributed by atoms with Crippen LogP contribution in [0.2, 0.25) is 0 Å². The third kappa shape index (κ3) is 2.55. The molecule has 0 bridgehead atoms. The van der Waals surface area contributed by atoms with Crippen molar-refractivity contribution in [2.45, 2.75) is 46.1 Å². The summed E-state index contributed by atoms with van der Waals surface area (Å²) in [6, 6.07) is 4.07. The highest BCUT2D eigenvalue weighted by Crippen LogP contribution is 2.49. The second kappa shape index (κ2) is 5.49. The summed E-state index contributed by atoms with van der Waals surface area (Å²) in [4.78, 5) is 30.8. The van der Waals surface area contributed by atoms with Crippen LogP contribution in [0.15, 0.2) is 24.5 Å². The lowest BCUT2D eigenvalue weighted by Gasteiger charge is -2.55. The molecule has 1 amide bonds. The van der Waals surface area contributed by atoms with Crippen molar-refractivity contribution in [2.24, 2.45) is 17.3 Å². The van der Waals surface area contributed by atoms with Gasteiger partial charge in [0.1, 0.15) is 5.78 Å². The van der Waals surface area contributed by atoms with Gasteiger partial charge in [0.25, 0.3) is 0 Å². The molecule has 1 saturated carbocycles. The normalized spacial score (nSPS) is 30.8. The topological polar surface area (TPSA) is 50.3 Å². The van der Waals surface area contributed by atoms with E-state index in [0.29, 0.717) is 25.0 Å². The summed E-state index contributed by atoms with van der Waals surface area (Å²) in [6.07, 6.45) is 5.58. The zero-order valence-electron chi connectivity index (χ0n) is 13.6. The van der Waals surface area contributed by atoms with Gasteiger partial charge in [-0.15, -0.1) is 0 Å². The fourth-order valence-electron chi connectivity index (χ4n) is 4.00. The monoisotopic (exact) mass is 300 g/mol. The van der Waals surface area contributed by atoms with E-state index in [2.05, 4.69) is 18.8 Å². The van der Waals surface area contributed by atoms with E-state index in [-0.39, 0.29) is 29.2 Å². The van der Waals surface area contributed by atoms with E-state index in [4.69, 9.17) is 0 Å². The minimum Gasteiger partial charge on any atom is -0.334 e. The molecule has 2 heterocycles. The molecule has 0 radical (unpaired) electrons. The molecule has 4 heteroatoms. The molecule has 3 rings (SSSR count). The highest BCUT2D eigenvalue weighted by atomic mass is 16.2. The van der Waals surface area contributed by atoms with Crippen molar-refractivity contribution < 1.29 is 9.59 Å². The van der Waals surface area contributed by atoms with Gasteiger partial charge in [0, 0.05) is 42.6 Å². The lowest BCUT2D eigenvalue weighted by atomic mass is 9.70. The Morgan fingerprint density at radius 1 is 1.41 bits per heavy atom. The van der Waals surface area contributed by atoms with E-state index >= 15 is 0 Å². The number of carbonyl (C=O) groups excluding carboxylic acids is 2. The predicted octanol–water partition coefficient (Wildman–Crippen LogP) is 3.00. The maximum absolute atomic E-state index is 12.9. The van der Waals surface area contributed by atoms with Crippen LogP contribution in [-0.2, 0) is 9.59 Å². The van der Waals surface area contributed by atoms with Crippen LogP contribution in [-0.4, -0.2) is 28.1 Å². The molecule has 1 aliphatic heterocycles. The smallest absolute Gasteiger partial charge is 0.226 e. The summed E-state index contributed by atoms with van der Waals surface area (Å²) in [5, 5.41) is 0. The molecule has 4 nitrogen and oxygen atoms in total. The van der Waals surface area contributed by atoms with E-state index < -0.39 is 0 Å². The number of Topliss-reactive ketones (excluding diaryl/α,β-unsaturated/α-hetero) is 1. The molecule has 1 saturated heterocycles. The third-order valence-electron chi connectivity index (χ3n) is 5.19. The molecule has 0 N–H and O–H groups in total. The van der Waals surface area contributed by atoms with Crippen molar-refractivity contribution in [3.05, 3.63) is 30.1 Å². The zero-order valence-corrected chi connectivity index (χ0v) is 13.6. The van der Waals surface area contributed by atoms with Crippen molar-refractivity contribution in [1.29, 1.82) is 0 Å². The van der Waals surface area contributed by atoms with Crippen LogP contribution >= 0.6 is 0 Å². The van der Waals surface area contributed by atoms with Crippen molar-refractivity contribution in [3.8, 4) is 0 Å². The lowest BCUT2D eigenvalue weighted by Crippen LogP contribution is -2.59. The molecule has 22 heavy (non-hydrogen) atoms. The molecule has 118 valence electrons. The fraction of sp³-hybridized carbons (Fsp3) is 0.611. The summed E-state index contributed by atoms with van der Waals surface area (Å²) in [5.41, 5.74) is 1.18. The van der Waals surface area contributed by atoms with Gasteiger partial charge < -0.3 is 4.90 Å². The minimum absolute atomic E-state index is 0.00275. The number of rotatable bonds is 2. The molecule has 2 aliphatic rings. The predicted molar refractivity (Wildman–Crippen MR) is 84.0 cm³/mol. The number of pyridine rings is 1. The number of ketones is 1. The van der Waals surface area contributed by atoms with Gasteiger partial charge in [-0.05, 0) is 24.5 Å². The Morgan fingerprint density at radius 2 is 2.18 bits per heavy atom. The second-order valence-electron chi connectivity index (χ2n) is 7.48. The number of carbonyl (C=O) groups is 2. The minimum atomic E-state index is 0.00275. The molecule has 0 spiro atoms. The second-order valence-corrected chi connectivity index (χ2v) is 7.48. The van der Waals surface area contributed by atoms with Crippen LogP contribution in [0.5, 0.6) is 0 Å². The van der Waals surface area contributed by atoms with Gasteiger partial charge in [0.2, 0.25) is 5.91 Å². The Bertz CT molecular complexity index is 582. The van der Waals surface area contributed by atoms with Gasteiger partial charge >= 0.3 is 0 Å². The van der Waals surface area contributed by atoms with Gasteiger partial charge in [0.15, 0.2) is 0 Å². The Labute approximate surface area is 131 Å². The van der Waals surface area contributed by atoms with Crippen molar-refractivity contribution in [3.63, 3.8) is 0 Å². The van der Waals surface area contributed by atoms with E-state index in [1.807, 2.05) is 30.2 Å². The third-order valence-corrected chi connectivity index (χ3v) is 5.19. The highest BCUT2D eigenvalue weighted by molar-refractivity contribution is 5.86. The van der Waals surface area contributed by atoms with Crippen LogP contribution in [0.4, 0.5) is 0 Å². The molecule has 1 aliphatic carbocycles. The Hall–Kier alpha value is -1.71. The summed E-state index contributed by atoms with van der Waals surface area (Å²) < 4.78 is 0. The maximum Gasteiger partial charge on any atom is 0.226 e. The van der Waals surface area contributed by atoms with Crippen molar-refractivity contribution in [2.75, 3.05) is 6.54 Å². The fourth-order valence-corrected chi connectivity index (χ4v) is 4.00. The number of hydrogen-bond donors (Lipinski definition) is 0. The number of nitrogens with zero attached hydrogens (tertiary/aromatic N) is 2. The van der Waals surface area contributed by atoms with E-state index in [0.717, 1.165) is 12.1 Å². The zero-order chi connectivity index (χ0) is 15.9. The summed E-state index contributed by atoms with van der Waals surface area (Å²) in [5.74, 6) is 0.543. The Kier molecular flexibility index (Phi) is 3.79. The van der Waals surface area contributed by atoms with Crippen LogP contribution in [0.25, 0.3) is 0 Å². The van der Waals surface area contributed by atoms with Crippen molar-refractivity contribution in [1.82, 2.24) is 9.88 Å². The van der Waals surface area contributed by atoms with Gasteiger partial charge in [-0.1, -0.05) is 26.8 Å². The first-order valence-electron chi connectivity index (χ1n) is 8.13. The largest absolute Gasteiger partial charge is 0.334 e. The van der Waals surface area contributed by atoms with E-state index in [1.165, 1.54) is 0 Å². The average Bonchev–Trinajstić information content (AvgIpc) is 2.48.